The molecule has 0 aliphatic carbocycles. The molecule has 0 unspecified atom stereocenters. The van der Waals surface area contributed by atoms with Crippen molar-refractivity contribution in [3.05, 3.63) is 0 Å². The average Bonchev–Trinajstić information content (AvgIpc) is 2.30. The molecular weight excluding hydrogens is 271 g/mol. The van der Waals surface area contributed by atoms with E-state index in [-0.39, 0.29) is 12.8 Å². The molecule has 0 aromatic rings. The highest BCUT2D eigenvalue weighted by Gasteiger charge is 2.29. The molecule has 0 spiro atoms. The number of methoxy groups -OCH3 is 1. The molecule has 0 bridgehead atoms. The summed E-state index contributed by atoms with van der Waals surface area (Å²) in [6.45, 7) is 0. The molecule has 9 heteroatoms. The number of alkyl halides is 3. The number of nitrogens with one attached hydrogen (secondary N) is 1. The molecule has 0 saturated heterocycles. The van der Waals surface area contributed by atoms with Gasteiger partial charge in [0.05, 0.1) is 13.5 Å². The van der Waals surface area contributed by atoms with Gasteiger partial charge in [-0.3, -0.25) is 9.59 Å². The molecular formula is C10H14F3NO5. The quantitative estimate of drug-likeness (QED) is 0.676. The molecule has 0 radical (unpaired) electrons. The number of carboxylic acid groups (broad SMARTS) is 1. The summed E-state index contributed by atoms with van der Waals surface area (Å²) in [5, 5.41) is 10.7. The first-order valence-electron chi connectivity index (χ1n) is 5.31. The molecule has 0 aromatic heterocycles. The van der Waals surface area contributed by atoms with E-state index >= 15 is 0 Å². The molecule has 0 saturated carbocycles. The molecule has 0 aromatic carbocycles. The van der Waals surface area contributed by atoms with Crippen LogP contribution < -0.4 is 5.32 Å². The molecule has 0 rings (SSSR count). The third kappa shape index (κ3) is 8.86. The van der Waals surface area contributed by atoms with Crippen LogP contribution in [0.4, 0.5) is 13.2 Å². The Morgan fingerprint density at radius 1 is 1.26 bits per heavy atom. The van der Waals surface area contributed by atoms with E-state index in [0.717, 1.165) is 7.11 Å². The summed E-state index contributed by atoms with van der Waals surface area (Å²) >= 11 is 0. The first-order valence-corrected chi connectivity index (χ1v) is 5.31. The molecule has 110 valence electrons. The smallest absolute Gasteiger partial charge is 0.389 e. The summed E-state index contributed by atoms with van der Waals surface area (Å²) < 4.78 is 39.8. The number of rotatable bonds is 7. The summed E-state index contributed by atoms with van der Waals surface area (Å²) in [6, 6.07) is -1.42. The lowest BCUT2D eigenvalue weighted by molar-refractivity contribution is -0.147. The second-order valence-corrected chi connectivity index (χ2v) is 3.69. The fourth-order valence-corrected chi connectivity index (χ4v) is 1.14. The minimum absolute atomic E-state index is 0.250. The molecule has 0 fully saturated rings. The van der Waals surface area contributed by atoms with Crippen molar-refractivity contribution in [3.63, 3.8) is 0 Å². The van der Waals surface area contributed by atoms with Crippen molar-refractivity contribution in [2.75, 3.05) is 7.11 Å². The monoisotopic (exact) mass is 285 g/mol. The predicted molar refractivity (Wildman–Crippen MR) is 56.1 cm³/mol. The van der Waals surface area contributed by atoms with E-state index in [1.807, 2.05) is 5.32 Å². The van der Waals surface area contributed by atoms with Crippen LogP contribution in [0, 0.1) is 0 Å². The van der Waals surface area contributed by atoms with Gasteiger partial charge in [0, 0.05) is 12.8 Å². The van der Waals surface area contributed by atoms with Crippen molar-refractivity contribution in [3.8, 4) is 0 Å². The van der Waals surface area contributed by atoms with Gasteiger partial charge < -0.3 is 15.2 Å². The van der Waals surface area contributed by atoms with Crippen molar-refractivity contribution < 1.29 is 37.4 Å². The van der Waals surface area contributed by atoms with Crippen LogP contribution in [0.5, 0.6) is 0 Å². The van der Waals surface area contributed by atoms with Crippen LogP contribution >= 0.6 is 0 Å². The molecule has 0 aliphatic heterocycles. The second-order valence-electron chi connectivity index (χ2n) is 3.69. The van der Waals surface area contributed by atoms with Crippen molar-refractivity contribution in [1.82, 2.24) is 5.32 Å². The molecule has 1 atom stereocenters. The van der Waals surface area contributed by atoms with Crippen molar-refractivity contribution in [1.29, 1.82) is 0 Å². The Labute approximate surface area is 106 Å². The Hall–Kier alpha value is -1.80. The van der Waals surface area contributed by atoms with E-state index in [4.69, 9.17) is 5.11 Å². The first kappa shape index (κ1) is 17.2. The Morgan fingerprint density at radius 3 is 2.26 bits per heavy atom. The van der Waals surface area contributed by atoms with Gasteiger partial charge in [0.2, 0.25) is 5.91 Å². The van der Waals surface area contributed by atoms with Gasteiger partial charge in [-0.15, -0.1) is 0 Å². The summed E-state index contributed by atoms with van der Waals surface area (Å²) in [6.07, 6.45) is -7.18. The van der Waals surface area contributed by atoms with Crippen molar-refractivity contribution in [2.24, 2.45) is 0 Å². The number of aliphatic carboxylic acids is 1. The van der Waals surface area contributed by atoms with Crippen molar-refractivity contribution >= 4 is 17.8 Å². The van der Waals surface area contributed by atoms with Gasteiger partial charge in [-0.25, -0.2) is 4.79 Å². The fraction of sp³-hybridized carbons (Fsp3) is 0.700. The van der Waals surface area contributed by atoms with E-state index < -0.39 is 42.9 Å². The van der Waals surface area contributed by atoms with Crippen LogP contribution in [-0.4, -0.2) is 42.3 Å². The predicted octanol–water partition coefficient (Wildman–Crippen LogP) is 0.851. The molecule has 19 heavy (non-hydrogen) atoms. The highest BCUT2D eigenvalue weighted by Crippen LogP contribution is 2.21. The van der Waals surface area contributed by atoms with Gasteiger partial charge in [-0.2, -0.15) is 13.2 Å². The lowest BCUT2D eigenvalue weighted by atomic mass is 10.1. The average molecular weight is 285 g/mol. The Bertz CT molecular complexity index is 343. The van der Waals surface area contributed by atoms with Gasteiger partial charge in [-0.1, -0.05) is 0 Å². The number of carboxylic acids is 1. The standard InChI is InChI=1S/C10H14F3NO5/c1-19-8(16)3-2-6(9(17)18)14-7(15)4-5-10(11,12)13/h6H,2-5H2,1H3,(H,14,15)(H,17,18)/t6-/m1/s1. The zero-order valence-electron chi connectivity index (χ0n) is 10.1. The normalized spacial score (nSPS) is 12.6. The summed E-state index contributed by atoms with van der Waals surface area (Å²) in [5.74, 6) is -3.13. The third-order valence-electron chi connectivity index (χ3n) is 2.13. The second kappa shape index (κ2) is 7.59. The highest BCUT2D eigenvalue weighted by atomic mass is 19.4. The minimum Gasteiger partial charge on any atom is -0.480 e. The van der Waals surface area contributed by atoms with Crippen LogP contribution in [0.2, 0.25) is 0 Å². The van der Waals surface area contributed by atoms with Crippen LogP contribution in [0.3, 0.4) is 0 Å². The van der Waals surface area contributed by atoms with E-state index in [0.29, 0.717) is 0 Å². The zero-order valence-corrected chi connectivity index (χ0v) is 10.1. The Balaban J connectivity index is 4.23. The van der Waals surface area contributed by atoms with E-state index in [1.54, 1.807) is 0 Å². The summed E-state index contributed by atoms with van der Waals surface area (Å²) in [7, 11) is 1.11. The van der Waals surface area contributed by atoms with Gasteiger partial charge in [0.15, 0.2) is 0 Å². The van der Waals surface area contributed by atoms with Crippen molar-refractivity contribution in [2.45, 2.75) is 37.9 Å². The molecule has 0 heterocycles. The van der Waals surface area contributed by atoms with Gasteiger partial charge in [0.25, 0.3) is 0 Å². The number of carbonyl (C=O) groups excluding carboxylic acids is 2. The zero-order chi connectivity index (χ0) is 15.1. The summed E-state index contributed by atoms with van der Waals surface area (Å²) in [4.78, 5) is 32.7. The first-order chi connectivity index (χ1) is 8.65. The number of esters is 1. The van der Waals surface area contributed by atoms with Gasteiger partial charge in [-0.05, 0) is 6.42 Å². The van der Waals surface area contributed by atoms with E-state index in [2.05, 4.69) is 4.74 Å². The number of carbonyl (C=O) groups is 3. The molecule has 6 nitrogen and oxygen atoms in total. The molecule has 1 amide bonds. The summed E-state index contributed by atoms with van der Waals surface area (Å²) in [5.41, 5.74) is 0. The fourth-order valence-electron chi connectivity index (χ4n) is 1.14. The Kier molecular flexibility index (Phi) is 6.87. The molecule has 0 aliphatic rings. The maximum absolute atomic E-state index is 11.9. The number of hydrogen-bond acceptors (Lipinski definition) is 4. The van der Waals surface area contributed by atoms with Crippen LogP contribution in [-0.2, 0) is 19.1 Å². The van der Waals surface area contributed by atoms with Crippen LogP contribution in [0.1, 0.15) is 25.7 Å². The number of halogens is 3. The minimum atomic E-state index is -4.48. The molecule has 2 N–H and O–H groups in total. The lowest BCUT2D eigenvalue weighted by Gasteiger charge is -2.14. The SMILES string of the molecule is COC(=O)CC[C@@H](NC(=O)CCC(F)(F)F)C(=O)O. The number of hydrogen-bond donors (Lipinski definition) is 2. The lowest BCUT2D eigenvalue weighted by Crippen LogP contribution is -2.41. The van der Waals surface area contributed by atoms with Crippen LogP contribution in [0.15, 0.2) is 0 Å². The topological polar surface area (TPSA) is 92.7 Å². The number of amides is 1. The maximum atomic E-state index is 11.9. The van der Waals surface area contributed by atoms with Gasteiger partial charge in [0.1, 0.15) is 6.04 Å². The third-order valence-corrected chi connectivity index (χ3v) is 2.13. The number of ether oxygens (including phenoxy) is 1. The van der Waals surface area contributed by atoms with E-state index in [1.165, 1.54) is 0 Å². The van der Waals surface area contributed by atoms with Crippen LogP contribution in [0.25, 0.3) is 0 Å². The maximum Gasteiger partial charge on any atom is 0.389 e. The van der Waals surface area contributed by atoms with E-state index in [9.17, 15) is 27.6 Å². The largest absolute Gasteiger partial charge is 0.480 e. The van der Waals surface area contributed by atoms with Gasteiger partial charge >= 0.3 is 18.1 Å². The highest BCUT2D eigenvalue weighted by molar-refractivity contribution is 5.84. The Morgan fingerprint density at radius 2 is 1.84 bits per heavy atom.